The minimum atomic E-state index is 0.0975. The molecule has 0 spiro atoms. The molecule has 0 saturated carbocycles. The molecule has 2 heterocycles. The molecule has 40 heavy (non-hydrogen) atoms. The predicted molar refractivity (Wildman–Crippen MR) is 158 cm³/mol. The molecule has 0 amide bonds. The lowest BCUT2D eigenvalue weighted by molar-refractivity contribution is 0.0312. The molecular weight excluding hydrogens is 526 g/mol. The maximum atomic E-state index is 6.56. The fourth-order valence-electron chi connectivity index (χ4n) is 4.28. The Hall–Kier alpha value is -4.16. The predicted octanol–water partition coefficient (Wildman–Crippen LogP) is 5.65. The number of nitrogens with one attached hydrogen (secondary N) is 2. The molecule has 1 aromatic heterocycles. The van der Waals surface area contributed by atoms with E-state index in [1.165, 1.54) is 11.9 Å². The van der Waals surface area contributed by atoms with Gasteiger partial charge in [-0.2, -0.15) is 0 Å². The number of rotatable bonds is 9. The molecule has 1 fully saturated rings. The summed E-state index contributed by atoms with van der Waals surface area (Å²) in [5.74, 6) is 7.20. The summed E-state index contributed by atoms with van der Waals surface area (Å²) in [6, 6.07) is 19.6. The number of ether oxygens (including phenoxy) is 2. The number of halogens is 1. The third-order valence-electron chi connectivity index (χ3n) is 6.25. The molecule has 4 aromatic rings. The van der Waals surface area contributed by atoms with Gasteiger partial charge in [0.15, 0.2) is 5.71 Å². The van der Waals surface area contributed by atoms with E-state index >= 15 is 0 Å². The molecule has 204 valence electrons. The first kappa shape index (κ1) is 27.4. The first-order valence-electron chi connectivity index (χ1n) is 13.0. The van der Waals surface area contributed by atoms with Gasteiger partial charge in [0.1, 0.15) is 31.1 Å². The molecular formula is C31H30ClN5O3. The van der Waals surface area contributed by atoms with Crippen LogP contribution in [0.4, 0.5) is 11.5 Å². The van der Waals surface area contributed by atoms with Gasteiger partial charge in [-0.1, -0.05) is 52.5 Å². The Labute approximate surface area is 238 Å². The van der Waals surface area contributed by atoms with Crippen molar-refractivity contribution >= 4 is 39.7 Å². The zero-order chi connectivity index (χ0) is 27.7. The van der Waals surface area contributed by atoms with Crippen LogP contribution >= 0.6 is 11.6 Å². The molecule has 3 aromatic carbocycles. The van der Waals surface area contributed by atoms with E-state index in [-0.39, 0.29) is 6.04 Å². The number of aryl methyl sites for hydroxylation is 1. The number of oxime groups is 1. The van der Waals surface area contributed by atoms with Crippen molar-refractivity contribution in [3.63, 3.8) is 0 Å². The van der Waals surface area contributed by atoms with Gasteiger partial charge in [0, 0.05) is 23.2 Å². The van der Waals surface area contributed by atoms with Gasteiger partial charge in [-0.15, -0.1) is 0 Å². The number of morpholine rings is 1. The third kappa shape index (κ3) is 7.07. The normalized spacial score (nSPS) is 15.3. The van der Waals surface area contributed by atoms with Crippen molar-refractivity contribution in [1.82, 2.24) is 15.3 Å². The van der Waals surface area contributed by atoms with Crippen LogP contribution < -0.4 is 15.4 Å². The molecule has 1 atom stereocenters. The summed E-state index contributed by atoms with van der Waals surface area (Å²) in [6.45, 7) is 6.75. The molecule has 2 N–H and O–H groups in total. The van der Waals surface area contributed by atoms with Crippen molar-refractivity contribution in [2.24, 2.45) is 5.16 Å². The lowest BCUT2D eigenvalue weighted by Crippen LogP contribution is -2.43. The molecule has 1 saturated heterocycles. The summed E-state index contributed by atoms with van der Waals surface area (Å²) in [5.41, 5.74) is 5.14. The van der Waals surface area contributed by atoms with Crippen LogP contribution in [-0.4, -0.2) is 48.1 Å². The lowest BCUT2D eigenvalue weighted by Gasteiger charge is -2.22. The van der Waals surface area contributed by atoms with Crippen LogP contribution in [0.25, 0.3) is 10.9 Å². The van der Waals surface area contributed by atoms with Crippen LogP contribution in [0.15, 0.2) is 72.1 Å². The molecule has 0 radical (unpaired) electrons. The molecule has 5 rings (SSSR count). The average Bonchev–Trinajstić information content (AvgIpc) is 2.97. The number of benzene rings is 3. The summed E-state index contributed by atoms with van der Waals surface area (Å²) in [4.78, 5) is 14.5. The zero-order valence-corrected chi connectivity index (χ0v) is 23.2. The van der Waals surface area contributed by atoms with Crippen molar-refractivity contribution < 1.29 is 14.3 Å². The Morgan fingerprint density at radius 2 is 2.10 bits per heavy atom. The largest absolute Gasteiger partial charge is 0.487 e. The van der Waals surface area contributed by atoms with E-state index < -0.39 is 0 Å². The first-order valence-corrected chi connectivity index (χ1v) is 13.4. The van der Waals surface area contributed by atoms with Gasteiger partial charge in [-0.3, -0.25) is 0 Å². The Morgan fingerprint density at radius 3 is 2.90 bits per heavy atom. The van der Waals surface area contributed by atoms with Crippen LogP contribution in [0, 0.1) is 18.8 Å². The summed E-state index contributed by atoms with van der Waals surface area (Å²) < 4.78 is 11.4. The molecule has 0 unspecified atom stereocenters. The highest BCUT2D eigenvalue weighted by molar-refractivity contribution is 6.32. The van der Waals surface area contributed by atoms with Gasteiger partial charge in [0.05, 0.1) is 29.8 Å². The van der Waals surface area contributed by atoms with Crippen LogP contribution in [0.2, 0.25) is 5.02 Å². The number of anilines is 2. The van der Waals surface area contributed by atoms with Crippen LogP contribution in [0.1, 0.15) is 23.6 Å². The Balaban J connectivity index is 1.33. The summed E-state index contributed by atoms with van der Waals surface area (Å²) in [6.07, 6.45) is 1.52. The minimum Gasteiger partial charge on any atom is -0.487 e. The van der Waals surface area contributed by atoms with Crippen LogP contribution in [-0.2, 0) is 16.2 Å². The Bertz CT molecular complexity index is 1570. The van der Waals surface area contributed by atoms with Gasteiger partial charge in [0.2, 0.25) is 0 Å². The smallest absolute Gasteiger partial charge is 0.159 e. The quantitative estimate of drug-likeness (QED) is 0.157. The monoisotopic (exact) mass is 555 g/mol. The second kappa shape index (κ2) is 13.3. The van der Waals surface area contributed by atoms with Crippen LogP contribution in [0.3, 0.4) is 0 Å². The number of hydrogen-bond acceptors (Lipinski definition) is 8. The summed E-state index contributed by atoms with van der Waals surface area (Å²) >= 11 is 6.56. The van der Waals surface area contributed by atoms with Crippen molar-refractivity contribution in [1.29, 1.82) is 0 Å². The van der Waals surface area contributed by atoms with Crippen LogP contribution in [0.5, 0.6) is 5.75 Å². The van der Waals surface area contributed by atoms with Crippen molar-refractivity contribution in [2.75, 3.05) is 31.7 Å². The van der Waals surface area contributed by atoms with E-state index in [1.807, 2.05) is 48.5 Å². The highest BCUT2D eigenvalue weighted by Crippen LogP contribution is 2.31. The average molecular weight is 556 g/mol. The summed E-state index contributed by atoms with van der Waals surface area (Å²) in [5, 5.41) is 12.3. The maximum absolute atomic E-state index is 6.56. The number of nitrogens with zero attached hydrogens (tertiary/aromatic N) is 3. The minimum absolute atomic E-state index is 0.0975. The van der Waals surface area contributed by atoms with E-state index in [1.54, 1.807) is 6.92 Å². The van der Waals surface area contributed by atoms with Crippen molar-refractivity contribution in [3.05, 3.63) is 88.7 Å². The van der Waals surface area contributed by atoms with Gasteiger partial charge < -0.3 is 24.9 Å². The Kier molecular flexibility index (Phi) is 9.09. The van der Waals surface area contributed by atoms with Gasteiger partial charge in [-0.05, 0) is 61.7 Å². The zero-order valence-electron chi connectivity index (χ0n) is 22.4. The third-order valence-corrected chi connectivity index (χ3v) is 6.55. The molecule has 1 aliphatic rings. The highest BCUT2D eigenvalue weighted by atomic mass is 35.5. The van der Waals surface area contributed by atoms with E-state index in [2.05, 4.69) is 56.7 Å². The van der Waals surface area contributed by atoms with E-state index in [9.17, 15) is 0 Å². The van der Waals surface area contributed by atoms with Gasteiger partial charge >= 0.3 is 0 Å². The molecule has 0 aliphatic carbocycles. The summed E-state index contributed by atoms with van der Waals surface area (Å²) in [7, 11) is 0. The van der Waals surface area contributed by atoms with Gasteiger partial charge in [0.25, 0.3) is 0 Å². The van der Waals surface area contributed by atoms with E-state index in [4.69, 9.17) is 25.9 Å². The fourth-order valence-corrected chi connectivity index (χ4v) is 4.52. The number of hydrogen-bond donors (Lipinski definition) is 2. The van der Waals surface area contributed by atoms with E-state index in [0.717, 1.165) is 34.3 Å². The van der Waals surface area contributed by atoms with Crippen molar-refractivity contribution in [3.8, 4) is 17.6 Å². The first-order chi connectivity index (χ1) is 19.6. The lowest BCUT2D eigenvalue weighted by atomic mass is 10.1. The second-order valence-electron chi connectivity index (χ2n) is 9.34. The van der Waals surface area contributed by atoms with E-state index in [0.29, 0.717) is 48.7 Å². The standard InChI is InChI=1S/C31H30ClN5O3/c1-3-5-28(37-40-19-25-18-38-13-12-33-25)23-8-10-29-26(15-23)31(35-20-34-29)36-24-9-11-30(27(32)16-24)39-17-22-7-4-6-21(2)14-22/h4,6-11,14-16,20,25,33H,12-13,17-19H2,1-2H3,(H,34,35,36)/b37-28+/t25-/m1/s1. The molecule has 8 nitrogen and oxygen atoms in total. The number of fused-ring (bicyclic) bond motifs is 1. The second-order valence-corrected chi connectivity index (χ2v) is 9.75. The number of aromatic nitrogens is 2. The SMILES string of the molecule is CC#C/C(=N\OC[C@H]1COCCN1)c1ccc2ncnc(Nc3ccc(OCc4cccc(C)c4)c(Cl)c3)c2c1. The maximum Gasteiger partial charge on any atom is 0.159 e. The Morgan fingerprint density at radius 1 is 1.18 bits per heavy atom. The fraction of sp³-hybridized carbons (Fsp3) is 0.258. The topological polar surface area (TPSA) is 89.9 Å². The highest BCUT2D eigenvalue weighted by Gasteiger charge is 2.14. The molecule has 0 bridgehead atoms. The molecule has 1 aliphatic heterocycles. The van der Waals surface area contributed by atoms with Crippen molar-refractivity contribution in [2.45, 2.75) is 26.5 Å². The van der Waals surface area contributed by atoms with Gasteiger partial charge in [-0.25, -0.2) is 9.97 Å². The molecule has 9 heteroatoms.